The zero-order valence-corrected chi connectivity index (χ0v) is 11.1. The van der Waals surface area contributed by atoms with Crippen molar-refractivity contribution in [3.8, 4) is 0 Å². The highest BCUT2D eigenvalue weighted by molar-refractivity contribution is 5.21. The third-order valence-electron chi connectivity index (χ3n) is 3.18. The van der Waals surface area contributed by atoms with Crippen molar-refractivity contribution in [1.82, 2.24) is 5.32 Å². The summed E-state index contributed by atoms with van der Waals surface area (Å²) >= 11 is 0. The molecule has 0 saturated carbocycles. The fourth-order valence-electron chi connectivity index (χ4n) is 2.15. The minimum absolute atomic E-state index is 0.311. The van der Waals surface area contributed by atoms with Crippen molar-refractivity contribution in [2.75, 3.05) is 6.54 Å². The van der Waals surface area contributed by atoms with E-state index in [9.17, 15) is 0 Å². The normalized spacial score (nSPS) is 12.6. The van der Waals surface area contributed by atoms with Crippen molar-refractivity contribution in [3.63, 3.8) is 0 Å². The highest BCUT2D eigenvalue weighted by Crippen LogP contribution is 2.19. The van der Waals surface area contributed by atoms with Gasteiger partial charge in [0.05, 0.1) is 12.3 Å². The van der Waals surface area contributed by atoms with E-state index in [0.29, 0.717) is 6.04 Å². The van der Waals surface area contributed by atoms with Gasteiger partial charge in [0.2, 0.25) is 0 Å². The molecule has 1 heterocycles. The Hall–Kier alpha value is -1.54. The predicted molar refractivity (Wildman–Crippen MR) is 74.6 cm³/mol. The van der Waals surface area contributed by atoms with E-state index in [1.807, 2.05) is 12.1 Å². The first-order chi connectivity index (χ1) is 8.79. The van der Waals surface area contributed by atoms with Crippen LogP contribution in [0.4, 0.5) is 0 Å². The van der Waals surface area contributed by atoms with E-state index < -0.39 is 0 Å². The van der Waals surface area contributed by atoms with Crippen LogP contribution in [0.5, 0.6) is 0 Å². The Bertz CT molecular complexity index is 444. The summed E-state index contributed by atoms with van der Waals surface area (Å²) in [5, 5.41) is 3.47. The molecule has 2 nitrogen and oxygen atoms in total. The number of hydrogen-bond donors (Lipinski definition) is 1. The van der Waals surface area contributed by atoms with E-state index in [1.165, 1.54) is 11.1 Å². The number of nitrogens with one attached hydrogen (secondary N) is 1. The molecular formula is C16H21NO. The first-order valence-corrected chi connectivity index (χ1v) is 6.62. The average Bonchev–Trinajstić information content (AvgIpc) is 2.90. The Kier molecular flexibility index (Phi) is 4.59. The van der Waals surface area contributed by atoms with Gasteiger partial charge in [0, 0.05) is 0 Å². The maximum absolute atomic E-state index is 5.49. The van der Waals surface area contributed by atoms with Crippen molar-refractivity contribution in [2.24, 2.45) is 0 Å². The molecule has 1 N–H and O–H groups in total. The molecule has 1 atom stereocenters. The zero-order chi connectivity index (χ0) is 12.8. The molecule has 0 aliphatic heterocycles. The Morgan fingerprint density at radius 2 is 1.94 bits per heavy atom. The van der Waals surface area contributed by atoms with Gasteiger partial charge < -0.3 is 9.73 Å². The molecule has 2 aromatic rings. The van der Waals surface area contributed by atoms with Gasteiger partial charge in [0.15, 0.2) is 0 Å². The molecule has 96 valence electrons. The topological polar surface area (TPSA) is 25.2 Å². The summed E-state index contributed by atoms with van der Waals surface area (Å²) in [4.78, 5) is 0. The second-order valence-corrected chi connectivity index (χ2v) is 4.65. The SMILES string of the molecule is CCNC(CCc1ccc(C)cc1)c1ccco1. The molecule has 0 amide bonds. The highest BCUT2D eigenvalue weighted by Gasteiger charge is 2.12. The first kappa shape index (κ1) is 12.9. The number of benzene rings is 1. The molecule has 0 saturated heterocycles. The van der Waals surface area contributed by atoms with Crippen molar-refractivity contribution in [3.05, 3.63) is 59.5 Å². The van der Waals surface area contributed by atoms with Gasteiger partial charge in [-0.15, -0.1) is 0 Å². The fraction of sp³-hybridized carbons (Fsp3) is 0.375. The molecule has 0 bridgehead atoms. The molecule has 1 aromatic carbocycles. The summed E-state index contributed by atoms with van der Waals surface area (Å²) in [7, 11) is 0. The van der Waals surface area contributed by atoms with E-state index in [0.717, 1.165) is 25.1 Å². The predicted octanol–water partition coefficient (Wildman–Crippen LogP) is 3.87. The molecule has 18 heavy (non-hydrogen) atoms. The molecule has 0 aliphatic carbocycles. The largest absolute Gasteiger partial charge is 0.468 e. The third-order valence-corrected chi connectivity index (χ3v) is 3.18. The monoisotopic (exact) mass is 243 g/mol. The van der Waals surface area contributed by atoms with Gasteiger partial charge in [-0.05, 0) is 44.0 Å². The van der Waals surface area contributed by atoms with Crippen molar-refractivity contribution < 1.29 is 4.42 Å². The number of hydrogen-bond acceptors (Lipinski definition) is 2. The standard InChI is InChI=1S/C16H21NO/c1-3-17-15(16-5-4-12-18-16)11-10-14-8-6-13(2)7-9-14/h4-9,12,15,17H,3,10-11H2,1-2H3. The fourth-order valence-corrected chi connectivity index (χ4v) is 2.15. The van der Waals surface area contributed by atoms with Crippen LogP contribution in [-0.2, 0) is 6.42 Å². The van der Waals surface area contributed by atoms with E-state index >= 15 is 0 Å². The molecule has 1 aromatic heterocycles. The minimum atomic E-state index is 0.311. The van der Waals surface area contributed by atoms with Gasteiger partial charge >= 0.3 is 0 Å². The van der Waals surface area contributed by atoms with Gasteiger partial charge in [-0.2, -0.15) is 0 Å². The molecule has 0 fully saturated rings. The molecule has 0 aliphatic rings. The Morgan fingerprint density at radius 1 is 1.17 bits per heavy atom. The number of rotatable bonds is 6. The Morgan fingerprint density at radius 3 is 2.56 bits per heavy atom. The van der Waals surface area contributed by atoms with Gasteiger partial charge in [-0.3, -0.25) is 0 Å². The van der Waals surface area contributed by atoms with Crippen molar-refractivity contribution in [2.45, 2.75) is 32.7 Å². The lowest BCUT2D eigenvalue weighted by atomic mass is 10.0. The van der Waals surface area contributed by atoms with Crippen LogP contribution in [0.25, 0.3) is 0 Å². The summed E-state index contributed by atoms with van der Waals surface area (Å²) in [6.07, 6.45) is 3.87. The minimum Gasteiger partial charge on any atom is -0.468 e. The lowest BCUT2D eigenvalue weighted by molar-refractivity contribution is 0.401. The van der Waals surface area contributed by atoms with E-state index in [1.54, 1.807) is 6.26 Å². The van der Waals surface area contributed by atoms with Crippen molar-refractivity contribution >= 4 is 0 Å². The van der Waals surface area contributed by atoms with Crippen LogP contribution >= 0.6 is 0 Å². The van der Waals surface area contributed by atoms with Gasteiger partial charge in [-0.25, -0.2) is 0 Å². The maximum atomic E-state index is 5.49. The van der Waals surface area contributed by atoms with Crippen LogP contribution in [0.2, 0.25) is 0 Å². The van der Waals surface area contributed by atoms with Gasteiger partial charge in [-0.1, -0.05) is 36.8 Å². The molecule has 0 spiro atoms. The lowest BCUT2D eigenvalue weighted by Crippen LogP contribution is -2.21. The molecule has 2 rings (SSSR count). The van der Waals surface area contributed by atoms with Crippen LogP contribution in [0.1, 0.15) is 36.3 Å². The van der Waals surface area contributed by atoms with Crippen LogP contribution in [0.3, 0.4) is 0 Å². The lowest BCUT2D eigenvalue weighted by Gasteiger charge is -2.15. The Labute approximate surface area is 109 Å². The van der Waals surface area contributed by atoms with Gasteiger partial charge in [0.1, 0.15) is 5.76 Å². The molecular weight excluding hydrogens is 222 g/mol. The smallest absolute Gasteiger partial charge is 0.120 e. The molecule has 2 heteroatoms. The third kappa shape index (κ3) is 3.47. The van der Waals surface area contributed by atoms with Gasteiger partial charge in [0.25, 0.3) is 0 Å². The van der Waals surface area contributed by atoms with Crippen LogP contribution < -0.4 is 5.32 Å². The zero-order valence-electron chi connectivity index (χ0n) is 11.1. The Balaban J connectivity index is 1.95. The summed E-state index contributed by atoms with van der Waals surface area (Å²) in [5.74, 6) is 1.03. The van der Waals surface area contributed by atoms with E-state index in [2.05, 4.69) is 43.4 Å². The maximum Gasteiger partial charge on any atom is 0.120 e. The number of furan rings is 1. The number of aryl methyl sites for hydroxylation is 2. The molecule has 0 radical (unpaired) electrons. The summed E-state index contributed by atoms with van der Waals surface area (Å²) < 4.78 is 5.49. The second kappa shape index (κ2) is 6.41. The average molecular weight is 243 g/mol. The molecule has 1 unspecified atom stereocenters. The van der Waals surface area contributed by atoms with Crippen molar-refractivity contribution in [1.29, 1.82) is 0 Å². The second-order valence-electron chi connectivity index (χ2n) is 4.65. The quantitative estimate of drug-likeness (QED) is 0.833. The van der Waals surface area contributed by atoms with Crippen LogP contribution in [-0.4, -0.2) is 6.54 Å². The van der Waals surface area contributed by atoms with Crippen LogP contribution in [0.15, 0.2) is 47.1 Å². The van der Waals surface area contributed by atoms with E-state index in [4.69, 9.17) is 4.42 Å². The first-order valence-electron chi connectivity index (χ1n) is 6.62. The summed E-state index contributed by atoms with van der Waals surface area (Å²) in [5.41, 5.74) is 2.70. The summed E-state index contributed by atoms with van der Waals surface area (Å²) in [6, 6.07) is 13.1. The highest BCUT2D eigenvalue weighted by atomic mass is 16.3. The van der Waals surface area contributed by atoms with Crippen LogP contribution in [0, 0.1) is 6.92 Å². The van der Waals surface area contributed by atoms with E-state index in [-0.39, 0.29) is 0 Å². The summed E-state index contributed by atoms with van der Waals surface area (Å²) in [6.45, 7) is 5.20.